The quantitative estimate of drug-likeness (QED) is 0.352. The molecule has 3 nitrogen and oxygen atoms in total. The third kappa shape index (κ3) is 4.99. The fourth-order valence-corrected chi connectivity index (χ4v) is 2.38. The van der Waals surface area contributed by atoms with Gasteiger partial charge in [-0.25, -0.2) is 0 Å². The van der Waals surface area contributed by atoms with Crippen LogP contribution in [-0.4, -0.2) is 32.5 Å². The fraction of sp³-hybridized carbons (Fsp3) is 1.00. The van der Waals surface area contributed by atoms with E-state index in [9.17, 15) is 39.5 Å². The van der Waals surface area contributed by atoms with Gasteiger partial charge in [-0.15, -0.1) is 0 Å². The minimum Gasteiger partial charge on any atom is -0.327 e. The second-order valence-corrected chi connectivity index (χ2v) is 7.75. The van der Waals surface area contributed by atoms with Crippen LogP contribution in [-0.2, 0) is 0 Å². The van der Waals surface area contributed by atoms with Crippen LogP contribution in [0.3, 0.4) is 0 Å². The SMILES string of the molecule is N[Si](N)(N)CCCCCC(F)(F)C(F)(F)C(F)(F)C(F)(F)F. The lowest BCUT2D eigenvalue weighted by molar-refractivity contribution is -0.396. The summed E-state index contributed by atoms with van der Waals surface area (Å²) in [4.78, 5) is 0. The topological polar surface area (TPSA) is 78.1 Å². The molecule has 0 spiro atoms. The number of hydrogen-bond donors (Lipinski definition) is 3. The van der Waals surface area contributed by atoms with E-state index in [1.165, 1.54) is 0 Å². The van der Waals surface area contributed by atoms with Crippen molar-refractivity contribution in [1.29, 1.82) is 0 Å². The number of rotatable bonds is 8. The van der Waals surface area contributed by atoms with Gasteiger partial charge in [-0.2, -0.15) is 39.5 Å². The molecular weight excluding hydrogens is 349 g/mol. The van der Waals surface area contributed by atoms with Gasteiger partial charge in [0.2, 0.25) is 0 Å². The molecule has 0 saturated heterocycles. The summed E-state index contributed by atoms with van der Waals surface area (Å²) in [6.07, 6.45) is -9.42. The van der Waals surface area contributed by atoms with Gasteiger partial charge >= 0.3 is 23.9 Å². The van der Waals surface area contributed by atoms with Gasteiger partial charge in [-0.1, -0.05) is 12.8 Å². The zero-order valence-electron chi connectivity index (χ0n) is 11.2. The van der Waals surface area contributed by atoms with Crippen LogP contribution >= 0.6 is 0 Å². The summed E-state index contributed by atoms with van der Waals surface area (Å²) in [5.74, 6) is -18.9. The average molecular weight is 365 g/mol. The minimum atomic E-state index is -6.84. The maximum atomic E-state index is 13.1. The lowest BCUT2D eigenvalue weighted by Gasteiger charge is -2.33. The van der Waals surface area contributed by atoms with Crippen LogP contribution in [0, 0.1) is 0 Å². The summed E-state index contributed by atoms with van der Waals surface area (Å²) >= 11 is 0. The van der Waals surface area contributed by atoms with Crippen molar-refractivity contribution in [3.8, 4) is 0 Å². The highest BCUT2D eigenvalue weighted by atomic mass is 28.4. The summed E-state index contributed by atoms with van der Waals surface area (Å²) in [5.41, 5.74) is 0. The van der Waals surface area contributed by atoms with Crippen molar-refractivity contribution in [2.45, 2.75) is 55.7 Å². The van der Waals surface area contributed by atoms with Crippen LogP contribution in [0.2, 0.25) is 6.04 Å². The first-order chi connectivity index (χ1) is 9.46. The van der Waals surface area contributed by atoms with E-state index >= 15 is 0 Å². The zero-order chi connectivity index (χ0) is 18.0. The molecule has 13 heteroatoms. The molecule has 0 aromatic heterocycles. The van der Waals surface area contributed by atoms with E-state index in [2.05, 4.69) is 0 Å². The molecule has 0 atom stereocenters. The standard InChI is InChI=1S/C9H16F9N3Si/c10-6(11,4-2-1-3-5-22(19,20)21)7(12,13)8(14,15)9(16,17)18/h1-5,19-21H2. The Morgan fingerprint density at radius 3 is 1.45 bits per heavy atom. The molecule has 6 N–H and O–H groups in total. The second-order valence-electron chi connectivity index (χ2n) is 5.02. The van der Waals surface area contributed by atoms with Crippen molar-refractivity contribution in [1.82, 2.24) is 0 Å². The summed E-state index contributed by atoms with van der Waals surface area (Å²) in [7, 11) is -2.95. The van der Waals surface area contributed by atoms with E-state index in [4.69, 9.17) is 16.2 Å². The molecule has 0 aromatic carbocycles. The number of halogens is 9. The molecular formula is C9H16F9N3Si. The second kappa shape index (κ2) is 6.53. The predicted octanol–water partition coefficient (Wildman–Crippen LogP) is 2.83. The molecule has 0 aromatic rings. The maximum Gasteiger partial charge on any atom is 0.460 e. The summed E-state index contributed by atoms with van der Waals surface area (Å²) in [5, 5.41) is 15.8. The van der Waals surface area contributed by atoms with E-state index in [0.717, 1.165) is 0 Å². The molecule has 0 heterocycles. The van der Waals surface area contributed by atoms with Crippen molar-refractivity contribution in [3.05, 3.63) is 0 Å². The Kier molecular flexibility index (Phi) is 6.37. The van der Waals surface area contributed by atoms with Crippen molar-refractivity contribution < 1.29 is 39.5 Å². The predicted molar refractivity (Wildman–Crippen MR) is 62.5 cm³/mol. The monoisotopic (exact) mass is 365 g/mol. The van der Waals surface area contributed by atoms with Gasteiger partial charge in [0.05, 0.1) is 0 Å². The smallest absolute Gasteiger partial charge is 0.327 e. The number of unbranched alkanes of at least 4 members (excludes halogenated alkanes) is 2. The van der Waals surface area contributed by atoms with Crippen LogP contribution in [0.4, 0.5) is 39.5 Å². The zero-order valence-corrected chi connectivity index (χ0v) is 12.2. The minimum absolute atomic E-state index is 0.0632. The van der Waals surface area contributed by atoms with Crippen LogP contribution in [0.1, 0.15) is 25.7 Å². The maximum absolute atomic E-state index is 13.1. The van der Waals surface area contributed by atoms with Crippen LogP contribution in [0.25, 0.3) is 0 Å². The Morgan fingerprint density at radius 2 is 1.09 bits per heavy atom. The third-order valence-electron chi connectivity index (χ3n) is 2.81. The summed E-state index contributed by atoms with van der Waals surface area (Å²) in [6, 6.07) is 0.0632. The van der Waals surface area contributed by atoms with Crippen molar-refractivity contribution >= 4 is 8.56 Å². The molecule has 134 valence electrons. The number of nitrogens with two attached hydrogens (primary N) is 3. The van der Waals surface area contributed by atoms with Gasteiger partial charge in [0, 0.05) is 6.42 Å². The molecule has 0 aliphatic heterocycles. The molecule has 0 radical (unpaired) electrons. The normalized spacial score (nSPS) is 15.3. The molecule has 0 aliphatic carbocycles. The highest BCUT2D eigenvalue weighted by Crippen LogP contribution is 2.54. The van der Waals surface area contributed by atoms with Gasteiger partial charge < -0.3 is 16.2 Å². The average Bonchev–Trinajstić information content (AvgIpc) is 2.24. The van der Waals surface area contributed by atoms with Crippen molar-refractivity contribution in [3.63, 3.8) is 0 Å². The lowest BCUT2D eigenvalue weighted by atomic mass is 9.98. The Hall–Kier alpha value is -0.533. The highest BCUT2D eigenvalue weighted by Gasteiger charge is 2.81. The molecule has 0 fully saturated rings. The van der Waals surface area contributed by atoms with Gasteiger partial charge in [0.1, 0.15) is 0 Å². The lowest BCUT2D eigenvalue weighted by Crippen LogP contribution is -2.64. The largest absolute Gasteiger partial charge is 0.460 e. The molecule has 0 saturated carbocycles. The van der Waals surface area contributed by atoms with E-state index in [-0.39, 0.29) is 18.9 Å². The van der Waals surface area contributed by atoms with Gasteiger partial charge in [0.15, 0.2) is 0 Å². The van der Waals surface area contributed by atoms with E-state index < -0.39 is 45.3 Å². The first kappa shape index (κ1) is 21.5. The summed E-state index contributed by atoms with van der Waals surface area (Å²) < 4.78 is 113. The molecule has 0 amide bonds. The summed E-state index contributed by atoms with van der Waals surface area (Å²) in [6.45, 7) is 0. The van der Waals surface area contributed by atoms with E-state index in [0.29, 0.717) is 0 Å². The fourth-order valence-electron chi connectivity index (χ4n) is 1.52. The van der Waals surface area contributed by atoms with Crippen LogP contribution in [0.15, 0.2) is 0 Å². The Balaban J connectivity index is 4.73. The highest BCUT2D eigenvalue weighted by molar-refractivity contribution is 6.70. The van der Waals surface area contributed by atoms with E-state index in [1.54, 1.807) is 0 Å². The molecule has 0 bridgehead atoms. The van der Waals surface area contributed by atoms with Crippen LogP contribution in [0.5, 0.6) is 0 Å². The molecule has 0 unspecified atom stereocenters. The number of hydrogen-bond acceptors (Lipinski definition) is 3. The Bertz CT molecular complexity index is 364. The van der Waals surface area contributed by atoms with Crippen molar-refractivity contribution in [2.75, 3.05) is 0 Å². The number of alkyl halides is 9. The molecule has 0 rings (SSSR count). The molecule has 0 aliphatic rings. The van der Waals surface area contributed by atoms with E-state index in [1.807, 2.05) is 0 Å². The Labute approximate surface area is 121 Å². The van der Waals surface area contributed by atoms with Gasteiger partial charge in [-0.3, -0.25) is 0 Å². The first-order valence-electron chi connectivity index (χ1n) is 6.02. The first-order valence-corrected chi connectivity index (χ1v) is 8.46. The Morgan fingerprint density at radius 1 is 0.636 bits per heavy atom. The van der Waals surface area contributed by atoms with Crippen molar-refractivity contribution in [2.24, 2.45) is 16.2 Å². The van der Waals surface area contributed by atoms with Gasteiger partial charge in [0.25, 0.3) is 8.56 Å². The van der Waals surface area contributed by atoms with Gasteiger partial charge in [-0.05, 0) is 12.5 Å². The third-order valence-corrected chi connectivity index (χ3v) is 4.03. The molecule has 22 heavy (non-hydrogen) atoms. The van der Waals surface area contributed by atoms with Crippen LogP contribution < -0.4 is 16.2 Å².